The second kappa shape index (κ2) is 20.8. The molecule has 0 aromatic rings. The average Bonchev–Trinajstić information content (AvgIpc) is 3.71. The molecule has 0 aromatic heterocycles. The number of ketones is 2. The molecule has 400 valence electrons. The molecule has 16 atom stereocenters. The number of hydrogen-bond donors (Lipinski definition) is 0. The van der Waals surface area contributed by atoms with E-state index in [1.54, 1.807) is 6.92 Å². The third-order valence-electron chi connectivity index (χ3n) is 17.9. The number of carbonyl (C=O) groups excluding carboxylic acids is 6. The molecular formula is C54H76O18. The number of Topliss-reactive ketones (excluding diaryl/α,β-unsaturated/α-hetero) is 2. The van der Waals surface area contributed by atoms with E-state index in [0.29, 0.717) is 59.8 Å². The fourth-order valence-corrected chi connectivity index (χ4v) is 13.9. The van der Waals surface area contributed by atoms with Crippen LogP contribution >= 0.6 is 0 Å². The maximum Gasteiger partial charge on any atom is 0.308 e. The molecular weight excluding hydrogens is 937 g/mol. The topological polar surface area (TPSA) is 213 Å². The van der Waals surface area contributed by atoms with Crippen molar-refractivity contribution >= 4 is 35.4 Å². The van der Waals surface area contributed by atoms with E-state index in [1.807, 2.05) is 41.5 Å². The first kappa shape index (κ1) is 53.2. The van der Waals surface area contributed by atoms with Crippen LogP contribution in [0.4, 0.5) is 0 Å². The zero-order chi connectivity index (χ0) is 51.5. The molecule has 18 nitrogen and oxygen atoms in total. The third kappa shape index (κ3) is 9.77. The van der Waals surface area contributed by atoms with Crippen LogP contribution in [0, 0.1) is 53.3 Å². The molecule has 11 rings (SSSR count). The number of fused-ring (bicyclic) bond motifs is 4. The predicted octanol–water partition coefficient (Wildman–Crippen LogP) is 8.12. The number of esters is 4. The van der Waals surface area contributed by atoms with Crippen molar-refractivity contribution in [3.05, 3.63) is 22.3 Å². The second-order valence-electron chi connectivity index (χ2n) is 23.0. The van der Waals surface area contributed by atoms with E-state index in [1.165, 1.54) is 0 Å². The Labute approximate surface area is 422 Å². The molecule has 0 N–H and O–H groups in total. The van der Waals surface area contributed by atoms with Gasteiger partial charge in [0.2, 0.25) is 24.2 Å². The largest absolute Gasteiger partial charge is 0.466 e. The van der Waals surface area contributed by atoms with E-state index in [2.05, 4.69) is 13.8 Å². The van der Waals surface area contributed by atoms with Crippen molar-refractivity contribution in [2.24, 2.45) is 53.3 Å². The molecule has 18 heteroatoms. The Morgan fingerprint density at radius 1 is 0.569 bits per heavy atom. The first-order valence-corrected chi connectivity index (χ1v) is 26.8. The zero-order valence-electron chi connectivity index (χ0n) is 43.6. The Balaban J connectivity index is 0.683. The minimum atomic E-state index is -0.960. The van der Waals surface area contributed by atoms with Crippen molar-refractivity contribution in [3.8, 4) is 0 Å². The number of carbonyl (C=O) groups is 6. The lowest BCUT2D eigenvalue weighted by atomic mass is 9.58. The monoisotopic (exact) mass is 1010 g/mol. The number of rotatable bonds is 17. The first-order chi connectivity index (χ1) is 34.2. The van der Waals surface area contributed by atoms with Crippen LogP contribution in [0.2, 0.25) is 0 Å². The molecule has 11 aliphatic rings. The molecule has 4 bridgehead atoms. The first-order valence-electron chi connectivity index (χ1n) is 26.8. The van der Waals surface area contributed by atoms with Gasteiger partial charge in [0.25, 0.3) is 0 Å². The fourth-order valence-electron chi connectivity index (χ4n) is 13.9. The van der Waals surface area contributed by atoms with Crippen molar-refractivity contribution in [1.82, 2.24) is 0 Å². The van der Waals surface area contributed by atoms with Gasteiger partial charge in [0, 0.05) is 58.8 Å². The Morgan fingerprint density at radius 2 is 1.00 bits per heavy atom. The highest BCUT2D eigenvalue weighted by atomic mass is 17.3. The van der Waals surface area contributed by atoms with Crippen LogP contribution in [0.1, 0.15) is 165 Å². The quantitative estimate of drug-likeness (QED) is 0.0442. The van der Waals surface area contributed by atoms with Gasteiger partial charge < -0.3 is 37.9 Å². The van der Waals surface area contributed by atoms with Gasteiger partial charge in [-0.05, 0) is 115 Å². The van der Waals surface area contributed by atoms with Crippen molar-refractivity contribution in [2.45, 2.75) is 213 Å². The van der Waals surface area contributed by atoms with Crippen LogP contribution in [0.25, 0.3) is 0 Å². The summed E-state index contributed by atoms with van der Waals surface area (Å²) in [5.74, 6) is -4.31. The highest BCUT2D eigenvalue weighted by Crippen LogP contribution is 2.62. The Morgan fingerprint density at radius 3 is 1.44 bits per heavy atom. The lowest BCUT2D eigenvalue weighted by Crippen LogP contribution is -2.70. The zero-order valence-corrected chi connectivity index (χ0v) is 43.6. The van der Waals surface area contributed by atoms with Gasteiger partial charge in [0.1, 0.15) is 0 Å². The summed E-state index contributed by atoms with van der Waals surface area (Å²) < 4.78 is 47.9. The third-order valence-corrected chi connectivity index (χ3v) is 17.9. The fraction of sp³-hybridized carbons (Fsp3) is 0.815. The lowest BCUT2D eigenvalue weighted by Gasteiger charge is -2.59. The van der Waals surface area contributed by atoms with Gasteiger partial charge in [-0.1, -0.05) is 41.5 Å². The maximum atomic E-state index is 13.9. The molecule has 8 aliphatic heterocycles. The van der Waals surface area contributed by atoms with Crippen molar-refractivity contribution in [1.29, 1.82) is 0 Å². The SMILES string of the molecule is CC1=C(CCCOC(=O)CCC(=O)O[C@@H]2O[C@@H]3O[C@@]4(C)CC[C@H]5[C@H](C)CC[C@@H]([C@H]2C)[C@@]35OO4)C(=O)C(C(C)C)=C(CCCOC(=O)CCC(=O)O[C@@H]2O[C@@H]3O[C@@]4(C)CC[C@H]5[C@H](C)CC[C@@H]([C@H]2C)[C@@]35OO4)C1=O. The van der Waals surface area contributed by atoms with Crippen LogP contribution in [0.3, 0.4) is 0 Å². The average molecular weight is 1010 g/mol. The standard InChI is InChI=1S/C54H76O18/c1-28(2)44-35(13-11-27-62-41(56)19-21-43(58)64-48-33(7)39-17-15-30(4)37-23-25-52(9)68-50(66-48)54(37,39)72-70-52)45(59)31(5)34(46(44)60)12-10-26-61-40(55)18-20-42(57)63-47-32(6)38-16-14-29(3)36-22-24-51(8)67-49(65-47)53(36,38)71-69-51/h28-30,32-33,36-39,47-50H,10-27H2,1-9H3/t29-,30-,32-,33-,36+,37+,38+,39+,47-,48-,49-,50-,51-,52-,53-,54-/m1/s1. The number of allylic oxidation sites excluding steroid dienone is 4. The summed E-state index contributed by atoms with van der Waals surface area (Å²) in [5.41, 5.74) is -0.0506. The van der Waals surface area contributed by atoms with Gasteiger partial charge in [-0.25, -0.2) is 19.6 Å². The van der Waals surface area contributed by atoms with Gasteiger partial charge in [0.05, 0.1) is 38.9 Å². The van der Waals surface area contributed by atoms with E-state index >= 15 is 0 Å². The normalized spacial score (nSPS) is 41.0. The molecule has 8 saturated heterocycles. The summed E-state index contributed by atoms with van der Waals surface area (Å²) >= 11 is 0. The number of hydrogen-bond acceptors (Lipinski definition) is 18. The maximum absolute atomic E-state index is 13.9. The van der Waals surface area contributed by atoms with Crippen molar-refractivity contribution in [2.75, 3.05) is 13.2 Å². The van der Waals surface area contributed by atoms with E-state index in [-0.39, 0.29) is 105 Å². The highest BCUT2D eigenvalue weighted by molar-refractivity contribution is 6.25. The molecule has 0 aromatic carbocycles. The molecule has 72 heavy (non-hydrogen) atoms. The van der Waals surface area contributed by atoms with Gasteiger partial charge in [-0.3, -0.25) is 28.8 Å². The Bertz CT molecular complexity index is 2200. The molecule has 3 aliphatic carbocycles. The van der Waals surface area contributed by atoms with E-state index in [4.69, 9.17) is 57.4 Å². The van der Waals surface area contributed by atoms with E-state index < -0.39 is 71.8 Å². The molecule has 0 unspecified atom stereocenters. The molecule has 8 heterocycles. The van der Waals surface area contributed by atoms with Gasteiger partial charge in [-0.15, -0.1) is 0 Å². The van der Waals surface area contributed by atoms with Crippen LogP contribution in [0.15, 0.2) is 22.3 Å². The molecule has 0 radical (unpaired) electrons. The molecule has 2 saturated carbocycles. The Kier molecular flexibility index (Phi) is 15.4. The van der Waals surface area contributed by atoms with E-state index in [9.17, 15) is 28.8 Å². The summed E-state index contributed by atoms with van der Waals surface area (Å²) in [6.07, 6.45) is 3.73. The van der Waals surface area contributed by atoms with E-state index in [0.717, 1.165) is 38.5 Å². The smallest absolute Gasteiger partial charge is 0.308 e. The van der Waals surface area contributed by atoms with Crippen LogP contribution in [-0.2, 0) is 86.2 Å². The van der Waals surface area contributed by atoms with Crippen LogP contribution < -0.4 is 0 Å². The predicted molar refractivity (Wildman–Crippen MR) is 249 cm³/mol. The number of ether oxygens (including phenoxy) is 8. The van der Waals surface area contributed by atoms with Crippen molar-refractivity contribution in [3.63, 3.8) is 0 Å². The van der Waals surface area contributed by atoms with Crippen LogP contribution in [0.5, 0.6) is 0 Å². The lowest BCUT2D eigenvalue weighted by molar-refractivity contribution is -0.576. The van der Waals surface area contributed by atoms with Gasteiger partial charge in [0.15, 0.2) is 35.3 Å². The molecule has 2 spiro atoms. The minimum Gasteiger partial charge on any atom is -0.466 e. The molecule has 0 amide bonds. The summed E-state index contributed by atoms with van der Waals surface area (Å²) in [6, 6.07) is 0. The van der Waals surface area contributed by atoms with Crippen LogP contribution in [-0.4, -0.2) is 96.6 Å². The second-order valence-corrected chi connectivity index (χ2v) is 23.0. The molecule has 10 fully saturated rings. The van der Waals surface area contributed by atoms with Gasteiger partial charge in [-0.2, -0.15) is 0 Å². The highest BCUT2D eigenvalue weighted by Gasteiger charge is 2.71. The summed E-state index contributed by atoms with van der Waals surface area (Å²) in [6.45, 7) is 17.4. The summed E-state index contributed by atoms with van der Waals surface area (Å²) in [4.78, 5) is 103. The summed E-state index contributed by atoms with van der Waals surface area (Å²) in [7, 11) is 0. The minimum absolute atomic E-state index is 0.0104. The summed E-state index contributed by atoms with van der Waals surface area (Å²) in [5, 5.41) is 0. The van der Waals surface area contributed by atoms with Gasteiger partial charge >= 0.3 is 23.9 Å². The Hall–Kier alpha value is -3.62. The van der Waals surface area contributed by atoms with Crippen molar-refractivity contribution < 1.29 is 86.2 Å².